The van der Waals surface area contributed by atoms with Crippen LogP contribution in [-0.4, -0.2) is 16.1 Å². The maximum absolute atomic E-state index is 6.47. The Labute approximate surface area is 247 Å². The number of nitrogens with zero attached hydrogens (tertiary/aromatic N) is 4. The largest absolute Gasteiger partial charge is 0.423 e. The molecule has 2 aromatic heterocycles. The lowest BCUT2D eigenvalue weighted by Gasteiger charge is -2.44. The van der Waals surface area contributed by atoms with Crippen LogP contribution in [-0.2, 0) is 0 Å². The van der Waals surface area contributed by atoms with E-state index in [1.54, 1.807) is 0 Å². The zero-order valence-corrected chi connectivity index (χ0v) is 23.1. The molecule has 0 N–H and O–H groups in total. The molecule has 0 saturated carbocycles. The number of aromatic nitrogens is 2. The third-order valence-electron chi connectivity index (χ3n) is 8.98. The molecule has 0 amide bonds. The number of anilines is 6. The number of imidazole rings is 1. The molecule has 6 aromatic carbocycles. The van der Waals surface area contributed by atoms with Gasteiger partial charge in [-0.1, -0.05) is 72.8 Å². The summed E-state index contributed by atoms with van der Waals surface area (Å²) >= 11 is 0. The molecule has 0 aliphatic carbocycles. The summed E-state index contributed by atoms with van der Waals surface area (Å²) in [5.74, 6) is 0.613. The van der Waals surface area contributed by atoms with Gasteiger partial charge in [0, 0.05) is 34.1 Å². The Balaban J connectivity index is 1.33. The van der Waals surface area contributed by atoms with Crippen LogP contribution in [0.15, 0.2) is 144 Å². The van der Waals surface area contributed by atoms with Gasteiger partial charge < -0.3 is 14.2 Å². The highest BCUT2D eigenvalue weighted by molar-refractivity contribution is 7.00. The van der Waals surface area contributed by atoms with Crippen LogP contribution >= 0.6 is 0 Å². The SMILES string of the molecule is c1ccc(N2c3ccccc3B3c4cc5oc6nc7ccccc7n6c5cc4N(c4ccccc4)c4cccc2c43)cc1. The van der Waals surface area contributed by atoms with Crippen molar-refractivity contribution in [3.05, 3.63) is 140 Å². The Hall–Kier alpha value is -5.75. The highest BCUT2D eigenvalue weighted by Gasteiger charge is 2.43. The molecule has 0 saturated heterocycles. The number of hydrogen-bond acceptors (Lipinski definition) is 4. The van der Waals surface area contributed by atoms with E-state index in [4.69, 9.17) is 9.40 Å². The zero-order chi connectivity index (χ0) is 28.1. The van der Waals surface area contributed by atoms with E-state index < -0.39 is 0 Å². The molecule has 0 unspecified atom stereocenters. The lowest BCUT2D eigenvalue weighted by molar-refractivity contribution is 0.643. The summed E-state index contributed by atoms with van der Waals surface area (Å²) in [5, 5.41) is 0. The van der Waals surface area contributed by atoms with Gasteiger partial charge >= 0.3 is 5.84 Å². The molecule has 10 rings (SSSR count). The van der Waals surface area contributed by atoms with Crippen molar-refractivity contribution >= 4 is 85.2 Å². The number of oxazole rings is 1. The van der Waals surface area contributed by atoms with Crippen molar-refractivity contribution in [3.63, 3.8) is 0 Å². The van der Waals surface area contributed by atoms with Crippen molar-refractivity contribution in [2.45, 2.75) is 0 Å². The Kier molecular flexibility index (Phi) is 4.47. The van der Waals surface area contributed by atoms with E-state index in [0.717, 1.165) is 39.2 Å². The van der Waals surface area contributed by atoms with Crippen LogP contribution in [0.1, 0.15) is 0 Å². The topological polar surface area (TPSA) is 36.9 Å². The maximum Gasteiger partial charge on any atom is 0.307 e. The first-order valence-electron chi connectivity index (χ1n) is 14.6. The van der Waals surface area contributed by atoms with Gasteiger partial charge in [-0.3, -0.25) is 4.40 Å². The number of hydrogen-bond donors (Lipinski definition) is 0. The van der Waals surface area contributed by atoms with E-state index in [1.807, 2.05) is 12.1 Å². The van der Waals surface area contributed by atoms with E-state index in [0.29, 0.717) is 5.84 Å². The molecule has 200 valence electrons. The molecule has 8 aromatic rings. The summed E-state index contributed by atoms with van der Waals surface area (Å²) in [7, 11) is 0. The molecule has 5 nitrogen and oxygen atoms in total. The van der Waals surface area contributed by atoms with Crippen molar-refractivity contribution in [2.24, 2.45) is 0 Å². The first-order chi connectivity index (χ1) is 21.3. The van der Waals surface area contributed by atoms with Crippen LogP contribution in [0.4, 0.5) is 34.1 Å². The monoisotopic (exact) mass is 550 g/mol. The fourth-order valence-corrected chi connectivity index (χ4v) is 7.27. The Morgan fingerprint density at radius 1 is 0.512 bits per heavy atom. The number of benzene rings is 6. The molecule has 4 heterocycles. The maximum atomic E-state index is 6.47. The fourth-order valence-electron chi connectivity index (χ4n) is 7.27. The number of para-hydroxylation sites is 5. The molecule has 43 heavy (non-hydrogen) atoms. The molecule has 6 heteroatoms. The molecule has 2 aliphatic rings. The average molecular weight is 550 g/mol. The zero-order valence-electron chi connectivity index (χ0n) is 23.1. The summed E-state index contributed by atoms with van der Waals surface area (Å²) in [6.07, 6.45) is 0. The molecule has 0 spiro atoms. The minimum atomic E-state index is 0.0379. The molecular weight excluding hydrogens is 527 g/mol. The normalized spacial score (nSPS) is 13.4. The first-order valence-corrected chi connectivity index (χ1v) is 14.6. The van der Waals surface area contributed by atoms with Gasteiger partial charge in [-0.05, 0) is 83.1 Å². The summed E-state index contributed by atoms with van der Waals surface area (Å²) in [5.41, 5.74) is 14.6. The van der Waals surface area contributed by atoms with Gasteiger partial charge in [-0.2, -0.15) is 4.98 Å². The van der Waals surface area contributed by atoms with Crippen molar-refractivity contribution in [3.8, 4) is 0 Å². The summed E-state index contributed by atoms with van der Waals surface area (Å²) < 4.78 is 8.62. The summed E-state index contributed by atoms with van der Waals surface area (Å²) in [4.78, 5) is 9.64. The van der Waals surface area contributed by atoms with Gasteiger partial charge in [0.15, 0.2) is 5.58 Å². The fraction of sp³-hybridized carbons (Fsp3) is 0. The van der Waals surface area contributed by atoms with Crippen LogP contribution in [0, 0.1) is 0 Å². The minimum absolute atomic E-state index is 0.0379. The van der Waals surface area contributed by atoms with Gasteiger partial charge in [0.2, 0.25) is 0 Å². The van der Waals surface area contributed by atoms with Crippen LogP contribution in [0.5, 0.6) is 0 Å². The third kappa shape index (κ3) is 3.04. The average Bonchev–Trinajstić information content (AvgIpc) is 3.60. The Bertz CT molecular complexity index is 2380. The number of rotatable bonds is 2. The highest BCUT2D eigenvalue weighted by Crippen LogP contribution is 2.44. The van der Waals surface area contributed by atoms with E-state index >= 15 is 0 Å². The summed E-state index contributed by atoms with van der Waals surface area (Å²) in [6, 6.07) is 49.6. The van der Waals surface area contributed by atoms with Crippen LogP contribution < -0.4 is 26.2 Å². The van der Waals surface area contributed by atoms with Crippen molar-refractivity contribution in [2.75, 3.05) is 9.80 Å². The minimum Gasteiger partial charge on any atom is -0.423 e. The molecule has 2 aliphatic heterocycles. The quantitative estimate of drug-likeness (QED) is 0.212. The van der Waals surface area contributed by atoms with Gasteiger partial charge in [0.25, 0.3) is 6.71 Å². The van der Waals surface area contributed by atoms with E-state index in [2.05, 4.69) is 142 Å². The Morgan fingerprint density at radius 3 is 1.91 bits per heavy atom. The standard InChI is InChI=1S/C37H23BN4O/c1-3-12-24(13-4-1)40-29-18-9-7-16-26(29)38-27-22-35-34(42-30-19-10-8-17-28(30)39-37(42)43-35)23-33(27)41(25-14-5-2-6-15-25)32-21-11-20-31(40)36(32)38/h1-23H. The van der Waals surface area contributed by atoms with Crippen molar-refractivity contribution < 1.29 is 4.42 Å². The second kappa shape index (κ2) is 8.40. The highest BCUT2D eigenvalue weighted by atomic mass is 16.4. The third-order valence-corrected chi connectivity index (χ3v) is 8.98. The van der Waals surface area contributed by atoms with Crippen LogP contribution in [0.3, 0.4) is 0 Å². The molecular formula is C37H23BN4O. The smallest absolute Gasteiger partial charge is 0.307 e. The van der Waals surface area contributed by atoms with Gasteiger partial charge in [0.05, 0.1) is 16.6 Å². The molecule has 0 bridgehead atoms. The molecule has 0 fully saturated rings. The van der Waals surface area contributed by atoms with Crippen molar-refractivity contribution in [1.29, 1.82) is 0 Å². The second-order valence-electron chi connectivity index (χ2n) is 11.2. The lowest BCUT2D eigenvalue weighted by atomic mass is 9.33. The van der Waals surface area contributed by atoms with E-state index in [9.17, 15) is 0 Å². The first kappa shape index (κ1) is 22.9. The van der Waals surface area contributed by atoms with Crippen LogP contribution in [0.2, 0.25) is 0 Å². The Morgan fingerprint density at radius 2 is 1.14 bits per heavy atom. The van der Waals surface area contributed by atoms with Gasteiger partial charge in [0.1, 0.15) is 0 Å². The second-order valence-corrected chi connectivity index (χ2v) is 11.2. The summed E-state index contributed by atoms with van der Waals surface area (Å²) in [6.45, 7) is 0.0379. The molecule has 0 radical (unpaired) electrons. The number of fused-ring (bicyclic) bond motifs is 9. The predicted octanol–water partition coefficient (Wildman–Crippen LogP) is 7.32. The van der Waals surface area contributed by atoms with Crippen molar-refractivity contribution in [1.82, 2.24) is 9.38 Å². The van der Waals surface area contributed by atoms with Crippen LogP contribution in [0.25, 0.3) is 28.0 Å². The predicted molar refractivity (Wildman–Crippen MR) is 176 cm³/mol. The van der Waals surface area contributed by atoms with E-state index in [1.165, 1.54) is 33.5 Å². The lowest BCUT2D eigenvalue weighted by Crippen LogP contribution is -2.61. The molecule has 0 atom stereocenters. The van der Waals surface area contributed by atoms with E-state index in [-0.39, 0.29) is 6.71 Å². The van der Waals surface area contributed by atoms with Gasteiger partial charge in [-0.15, -0.1) is 0 Å². The van der Waals surface area contributed by atoms with Gasteiger partial charge in [-0.25, -0.2) is 0 Å².